The van der Waals surface area contributed by atoms with Crippen LogP contribution in [0.3, 0.4) is 0 Å². The summed E-state index contributed by atoms with van der Waals surface area (Å²) in [4.78, 5) is 18.7. The number of allylic oxidation sites excluding steroid dienone is 1. The molecule has 0 aromatic heterocycles. The molecule has 0 spiro atoms. The molecule has 0 bridgehead atoms. The third-order valence-corrected chi connectivity index (χ3v) is 4.22. The number of ether oxygens (including phenoxy) is 1. The Morgan fingerprint density at radius 2 is 2.50 bits per heavy atom. The number of hydrogen-bond acceptors (Lipinski definition) is 4. The van der Waals surface area contributed by atoms with Gasteiger partial charge in [-0.25, -0.2) is 0 Å². The van der Waals surface area contributed by atoms with E-state index < -0.39 is 0 Å². The zero-order valence-corrected chi connectivity index (χ0v) is 10.9. The molecule has 98 valence electrons. The summed E-state index contributed by atoms with van der Waals surface area (Å²) in [5.74, 6) is 1.40. The Kier molecular flexibility index (Phi) is 2.98. The molecule has 4 nitrogen and oxygen atoms in total. The molecule has 0 radical (unpaired) electrons. The zero-order valence-electron chi connectivity index (χ0n) is 10.9. The summed E-state index contributed by atoms with van der Waals surface area (Å²) in [7, 11) is 0. The summed E-state index contributed by atoms with van der Waals surface area (Å²) in [6, 6.07) is 0.155. The smallest absolute Gasteiger partial charge is 0.157 e. The van der Waals surface area contributed by atoms with E-state index in [1.807, 2.05) is 13.0 Å². The topological polar surface area (TPSA) is 41.9 Å². The number of fused-ring (bicyclic) bond motifs is 3. The van der Waals surface area contributed by atoms with Crippen LogP contribution in [-0.4, -0.2) is 47.9 Å². The van der Waals surface area contributed by atoms with Crippen LogP contribution in [-0.2, 0) is 9.53 Å². The highest BCUT2D eigenvalue weighted by Crippen LogP contribution is 2.39. The van der Waals surface area contributed by atoms with Crippen LogP contribution in [0.2, 0.25) is 0 Å². The van der Waals surface area contributed by atoms with Gasteiger partial charge in [-0.15, -0.1) is 0 Å². The van der Waals surface area contributed by atoms with E-state index in [9.17, 15) is 4.79 Å². The summed E-state index contributed by atoms with van der Waals surface area (Å²) in [5.41, 5.74) is -0.265. The summed E-state index contributed by atoms with van der Waals surface area (Å²) in [6.45, 7) is 4.66. The fourth-order valence-electron chi connectivity index (χ4n) is 3.42. The molecule has 1 fully saturated rings. The Hall–Kier alpha value is -1.16. The molecule has 0 N–H and O–H groups in total. The number of amidine groups is 1. The fraction of sp³-hybridized carbons (Fsp3) is 0.714. The maximum absolute atomic E-state index is 11.7. The van der Waals surface area contributed by atoms with Crippen LogP contribution in [0, 0.1) is 0 Å². The second kappa shape index (κ2) is 4.50. The van der Waals surface area contributed by atoms with Crippen molar-refractivity contribution in [2.45, 2.75) is 44.2 Å². The van der Waals surface area contributed by atoms with Crippen LogP contribution in [0.15, 0.2) is 17.1 Å². The van der Waals surface area contributed by atoms with Gasteiger partial charge in [-0.2, -0.15) is 0 Å². The molecule has 0 saturated carbocycles. The van der Waals surface area contributed by atoms with Crippen LogP contribution in [0.1, 0.15) is 32.6 Å². The van der Waals surface area contributed by atoms with Gasteiger partial charge in [-0.3, -0.25) is 9.79 Å². The van der Waals surface area contributed by atoms with Crippen molar-refractivity contribution in [2.75, 3.05) is 19.7 Å². The predicted molar refractivity (Wildman–Crippen MR) is 69.8 cm³/mol. The average molecular weight is 248 g/mol. The number of nitrogens with zero attached hydrogens (tertiary/aromatic N) is 2. The maximum Gasteiger partial charge on any atom is 0.157 e. The highest BCUT2D eigenvalue weighted by Gasteiger charge is 2.48. The lowest BCUT2D eigenvalue weighted by Crippen LogP contribution is -2.62. The molecule has 2 heterocycles. The minimum absolute atomic E-state index is 0.155. The van der Waals surface area contributed by atoms with Crippen molar-refractivity contribution in [3.05, 3.63) is 12.2 Å². The van der Waals surface area contributed by atoms with Gasteiger partial charge in [0.05, 0.1) is 11.9 Å². The molecule has 1 aliphatic carbocycles. The van der Waals surface area contributed by atoms with Crippen LogP contribution in [0.25, 0.3) is 0 Å². The van der Waals surface area contributed by atoms with Crippen molar-refractivity contribution in [3.8, 4) is 0 Å². The lowest BCUT2D eigenvalue weighted by atomic mass is 9.77. The average Bonchev–Trinajstić information content (AvgIpc) is 2.40. The van der Waals surface area contributed by atoms with Crippen LogP contribution in [0.5, 0.6) is 0 Å². The minimum Gasteiger partial charge on any atom is -0.369 e. The van der Waals surface area contributed by atoms with Crippen molar-refractivity contribution in [1.82, 2.24) is 4.90 Å². The second-order valence-corrected chi connectivity index (χ2v) is 5.25. The van der Waals surface area contributed by atoms with E-state index in [2.05, 4.69) is 9.89 Å². The molecule has 2 atom stereocenters. The highest BCUT2D eigenvalue weighted by molar-refractivity contribution is 5.93. The molecular formula is C14H20N2O2. The molecule has 0 amide bonds. The van der Waals surface area contributed by atoms with Gasteiger partial charge in [0.2, 0.25) is 0 Å². The lowest BCUT2D eigenvalue weighted by Gasteiger charge is -2.51. The predicted octanol–water partition coefficient (Wildman–Crippen LogP) is 1.56. The van der Waals surface area contributed by atoms with Gasteiger partial charge in [0.1, 0.15) is 5.60 Å². The standard InChI is InChI=1S/C14H20N2O2/c1-2-18-14-6-4-11(17)10-12(14)16-9-3-8-15-13(16)5-7-14/h4,6,12H,2-3,5,7-10H2,1H3/t12-,14+/m0/s1. The van der Waals surface area contributed by atoms with Crippen molar-refractivity contribution >= 4 is 11.6 Å². The first-order chi connectivity index (χ1) is 8.75. The number of hydrogen-bond donors (Lipinski definition) is 0. The Bertz CT molecular complexity index is 416. The Morgan fingerprint density at radius 1 is 1.61 bits per heavy atom. The largest absolute Gasteiger partial charge is 0.369 e. The Morgan fingerprint density at radius 3 is 3.33 bits per heavy atom. The van der Waals surface area contributed by atoms with E-state index in [4.69, 9.17) is 4.74 Å². The van der Waals surface area contributed by atoms with Gasteiger partial charge in [0, 0.05) is 32.5 Å². The molecule has 0 aromatic rings. The molecule has 3 aliphatic rings. The number of aliphatic imine (C=N–C) groups is 1. The molecule has 1 saturated heterocycles. The van der Waals surface area contributed by atoms with Gasteiger partial charge in [0.15, 0.2) is 5.78 Å². The normalized spacial score (nSPS) is 34.9. The quantitative estimate of drug-likeness (QED) is 0.744. The molecule has 3 rings (SSSR count). The number of ketones is 1. The molecular weight excluding hydrogens is 228 g/mol. The molecule has 18 heavy (non-hydrogen) atoms. The first-order valence-corrected chi connectivity index (χ1v) is 6.91. The third kappa shape index (κ3) is 1.79. The van der Waals surface area contributed by atoms with Crippen LogP contribution < -0.4 is 0 Å². The van der Waals surface area contributed by atoms with Gasteiger partial charge in [0.25, 0.3) is 0 Å². The summed E-state index contributed by atoms with van der Waals surface area (Å²) in [5, 5.41) is 0. The summed E-state index contributed by atoms with van der Waals surface area (Å²) < 4.78 is 6.04. The first kappa shape index (κ1) is 11.9. The number of piperidine rings is 1. The summed E-state index contributed by atoms with van der Waals surface area (Å²) >= 11 is 0. The van der Waals surface area contributed by atoms with E-state index in [0.29, 0.717) is 13.0 Å². The number of carbonyl (C=O) groups is 1. The summed E-state index contributed by atoms with van der Waals surface area (Å²) in [6.07, 6.45) is 7.27. The van der Waals surface area contributed by atoms with Gasteiger partial charge in [-0.05, 0) is 31.9 Å². The fourth-order valence-corrected chi connectivity index (χ4v) is 3.42. The van der Waals surface area contributed by atoms with Gasteiger partial charge < -0.3 is 9.64 Å². The highest BCUT2D eigenvalue weighted by atomic mass is 16.5. The van der Waals surface area contributed by atoms with Crippen LogP contribution >= 0.6 is 0 Å². The van der Waals surface area contributed by atoms with Crippen molar-refractivity contribution in [3.63, 3.8) is 0 Å². The maximum atomic E-state index is 11.7. The molecule has 2 aliphatic heterocycles. The van der Waals surface area contributed by atoms with Crippen molar-refractivity contribution < 1.29 is 9.53 Å². The van der Waals surface area contributed by atoms with Gasteiger partial charge in [-0.1, -0.05) is 0 Å². The third-order valence-electron chi connectivity index (χ3n) is 4.22. The first-order valence-electron chi connectivity index (χ1n) is 6.91. The van der Waals surface area contributed by atoms with E-state index >= 15 is 0 Å². The Labute approximate surface area is 108 Å². The Balaban J connectivity index is 1.96. The molecule has 0 unspecified atom stereocenters. The van der Waals surface area contributed by atoms with E-state index in [1.54, 1.807) is 6.08 Å². The minimum atomic E-state index is -0.265. The number of carbonyl (C=O) groups excluding carboxylic acids is 1. The second-order valence-electron chi connectivity index (χ2n) is 5.25. The molecule has 0 aromatic carbocycles. The van der Waals surface area contributed by atoms with E-state index in [0.717, 1.165) is 32.4 Å². The van der Waals surface area contributed by atoms with Crippen molar-refractivity contribution in [2.24, 2.45) is 4.99 Å². The number of rotatable bonds is 2. The van der Waals surface area contributed by atoms with E-state index in [1.165, 1.54) is 5.84 Å². The van der Waals surface area contributed by atoms with Crippen molar-refractivity contribution in [1.29, 1.82) is 0 Å². The lowest BCUT2D eigenvalue weighted by molar-refractivity contribution is -0.123. The van der Waals surface area contributed by atoms with E-state index in [-0.39, 0.29) is 17.4 Å². The van der Waals surface area contributed by atoms with Gasteiger partial charge >= 0.3 is 0 Å². The van der Waals surface area contributed by atoms with Crippen LogP contribution in [0.4, 0.5) is 0 Å². The SMILES string of the molecule is CCO[C@@]12C=CC(=O)C[C@@H]1N1CCCN=C1CC2. The molecule has 4 heteroatoms. The monoisotopic (exact) mass is 248 g/mol. The zero-order chi connectivity index (χ0) is 12.6.